The zero-order chi connectivity index (χ0) is 25.3. The third kappa shape index (κ3) is 7.30. The summed E-state index contributed by atoms with van der Waals surface area (Å²) < 4.78 is 2.06. The maximum atomic E-state index is 9.74. The molecule has 5 N–H and O–H groups in total. The zero-order valence-electron chi connectivity index (χ0n) is 19.8. The van der Waals surface area contributed by atoms with E-state index in [-0.39, 0.29) is 5.54 Å². The third-order valence-electron chi connectivity index (χ3n) is 6.94. The Hall–Kier alpha value is -2.89. The molecule has 4 rings (SSSR count). The molecule has 1 aliphatic carbocycles. The highest BCUT2D eigenvalue weighted by Gasteiger charge is 2.44. The van der Waals surface area contributed by atoms with Gasteiger partial charge in [0, 0.05) is 12.8 Å². The third-order valence-corrected chi connectivity index (χ3v) is 6.94. The minimum Gasteiger partial charge on any atom is -0.547 e. The van der Waals surface area contributed by atoms with E-state index in [1.165, 1.54) is 69.9 Å². The van der Waals surface area contributed by atoms with Crippen molar-refractivity contribution in [3.63, 3.8) is 0 Å². The fraction of sp³-hybridized carbons (Fsp3) is 0.625. The van der Waals surface area contributed by atoms with Gasteiger partial charge in [0.1, 0.15) is 6.10 Å². The minimum absolute atomic E-state index is 0.0819. The molecule has 0 radical (unpaired) electrons. The molecule has 2 heterocycles. The van der Waals surface area contributed by atoms with Crippen LogP contribution >= 0.6 is 0 Å². The first kappa shape index (κ1) is 26.7. The lowest BCUT2D eigenvalue weighted by molar-refractivity contribution is -0.749. The van der Waals surface area contributed by atoms with Gasteiger partial charge in [0.25, 0.3) is 0 Å². The Kier molecular flexibility index (Phi) is 9.70. The number of nitrogens with zero attached hydrogens (tertiary/aromatic N) is 4. The summed E-state index contributed by atoms with van der Waals surface area (Å²) in [5, 5.41) is 49.7. The second-order valence-corrected chi connectivity index (χ2v) is 9.51. The van der Waals surface area contributed by atoms with Gasteiger partial charge in [-0.2, -0.15) is 0 Å². The fourth-order valence-corrected chi connectivity index (χ4v) is 5.14. The summed E-state index contributed by atoms with van der Waals surface area (Å²) >= 11 is 0. The lowest BCUT2D eigenvalue weighted by atomic mass is 9.75. The van der Waals surface area contributed by atoms with Crippen LogP contribution in [0, 0.1) is 5.92 Å². The van der Waals surface area contributed by atoms with Crippen LogP contribution in [0.1, 0.15) is 69.2 Å². The molecule has 11 nitrogen and oxygen atoms in total. The molecule has 3 atom stereocenters. The van der Waals surface area contributed by atoms with Crippen molar-refractivity contribution in [3.8, 4) is 0 Å². The first-order chi connectivity index (χ1) is 16.8. The Morgan fingerprint density at radius 1 is 1.09 bits per heavy atom. The lowest BCUT2D eigenvalue weighted by Crippen LogP contribution is -2.96. The van der Waals surface area contributed by atoms with E-state index in [4.69, 9.17) is 15.3 Å². The van der Waals surface area contributed by atoms with Crippen molar-refractivity contribution < 1.29 is 35.3 Å². The molecule has 0 bridgehead atoms. The lowest BCUT2D eigenvalue weighted by Gasteiger charge is -2.37. The van der Waals surface area contributed by atoms with Gasteiger partial charge in [0.15, 0.2) is 11.6 Å². The average molecular weight is 490 g/mol. The van der Waals surface area contributed by atoms with Gasteiger partial charge in [-0.25, -0.2) is 9.48 Å². The van der Waals surface area contributed by atoms with E-state index in [1.54, 1.807) is 0 Å². The number of benzene rings is 1. The smallest absolute Gasteiger partial charge is 0.335 e. The van der Waals surface area contributed by atoms with Crippen LogP contribution in [0.5, 0.6) is 0 Å². The number of aliphatic hydroxyl groups excluding tert-OH is 2. The Morgan fingerprint density at radius 2 is 1.80 bits per heavy atom. The molecule has 35 heavy (non-hydrogen) atoms. The molecule has 0 amide bonds. The fourth-order valence-electron chi connectivity index (χ4n) is 5.14. The Labute approximate surface area is 204 Å². The molecule has 2 fully saturated rings. The van der Waals surface area contributed by atoms with Gasteiger partial charge < -0.3 is 30.5 Å². The Morgan fingerprint density at radius 3 is 2.37 bits per heavy atom. The number of carboxylic acids is 2. The quantitative estimate of drug-likeness (QED) is 0.368. The predicted octanol–water partition coefficient (Wildman–Crippen LogP) is -0.823. The molecule has 192 valence electrons. The number of nitrogens with two attached hydrogens (primary N) is 1. The number of hydrogen-bond donors (Lipinski definition) is 4. The van der Waals surface area contributed by atoms with Crippen LogP contribution in [0.25, 0.3) is 0 Å². The molecule has 2 aromatic rings. The number of carbonyl (C=O) groups excluding carboxylic acids is 1. The molecule has 1 aromatic carbocycles. The number of quaternary nitrogens is 1. The van der Waals surface area contributed by atoms with Crippen molar-refractivity contribution in [3.05, 3.63) is 41.7 Å². The molecule has 0 spiro atoms. The van der Waals surface area contributed by atoms with Gasteiger partial charge in [-0.15, -0.1) is 5.10 Å². The first-order valence-corrected chi connectivity index (χ1v) is 12.3. The van der Waals surface area contributed by atoms with Crippen molar-refractivity contribution in [1.29, 1.82) is 0 Å². The summed E-state index contributed by atoms with van der Waals surface area (Å²) in [6, 6.07) is 10.5. The molecular weight excluding hydrogens is 454 g/mol. The largest absolute Gasteiger partial charge is 0.547 e. The number of carbonyl (C=O) groups is 2. The topological polar surface area (TPSA) is 178 Å². The van der Waals surface area contributed by atoms with Crippen molar-refractivity contribution >= 4 is 11.9 Å². The molecule has 11 heteroatoms. The second-order valence-electron chi connectivity index (χ2n) is 9.51. The van der Waals surface area contributed by atoms with E-state index in [9.17, 15) is 14.7 Å². The molecule has 2 aliphatic rings. The van der Waals surface area contributed by atoms with E-state index in [2.05, 4.69) is 55.9 Å². The number of aliphatic hydroxyl groups is 2. The standard InChI is InChI=1S/C20H29N5.C4H6O6/c1-3-9-17(10-4-1)15-20(13-7-8-14-21-20)19-22-23-24-25(19)16-18-11-5-2-6-12-18;5-1(3(7)8)2(6)4(9)10/h2,5-6,11-12,17,21H,1,3-4,7-10,13-16H2;1-2,5-6H,(H,7,8)(H,9,10)/t20-;1-,2-/m11/s1. The van der Waals surface area contributed by atoms with Crippen molar-refractivity contribution in [2.75, 3.05) is 6.54 Å². The maximum Gasteiger partial charge on any atom is 0.335 e. The highest BCUT2D eigenvalue weighted by molar-refractivity contribution is 5.82. The van der Waals surface area contributed by atoms with Crippen molar-refractivity contribution in [2.45, 2.75) is 82.1 Å². The number of carboxylic acid groups (broad SMARTS) is 2. The average Bonchev–Trinajstić information content (AvgIpc) is 3.34. The Bertz CT molecular complexity index is 923. The van der Waals surface area contributed by atoms with E-state index < -0.39 is 24.1 Å². The van der Waals surface area contributed by atoms with E-state index in [1.807, 2.05) is 0 Å². The van der Waals surface area contributed by atoms with Crippen LogP contribution in [0.3, 0.4) is 0 Å². The molecule has 1 saturated heterocycles. The van der Waals surface area contributed by atoms with Crippen LogP contribution in [0.2, 0.25) is 0 Å². The zero-order valence-corrected chi connectivity index (χ0v) is 19.8. The van der Waals surface area contributed by atoms with Gasteiger partial charge in [0.2, 0.25) is 5.82 Å². The summed E-state index contributed by atoms with van der Waals surface area (Å²) in [5.41, 5.74) is 1.35. The van der Waals surface area contributed by atoms with Crippen LogP contribution in [-0.4, -0.2) is 66.2 Å². The van der Waals surface area contributed by atoms with E-state index in [0.29, 0.717) is 0 Å². The summed E-state index contributed by atoms with van der Waals surface area (Å²) in [5.74, 6) is -1.89. The molecule has 1 saturated carbocycles. The highest BCUT2D eigenvalue weighted by Crippen LogP contribution is 2.36. The van der Waals surface area contributed by atoms with E-state index in [0.717, 1.165) is 18.3 Å². The minimum atomic E-state index is -2.38. The summed E-state index contributed by atoms with van der Waals surface area (Å²) in [7, 11) is 0. The van der Waals surface area contributed by atoms with Gasteiger partial charge >= 0.3 is 5.97 Å². The van der Waals surface area contributed by atoms with Crippen LogP contribution in [0.15, 0.2) is 30.3 Å². The highest BCUT2D eigenvalue weighted by atomic mass is 16.4. The van der Waals surface area contributed by atoms with Crippen LogP contribution < -0.4 is 10.4 Å². The van der Waals surface area contributed by atoms with E-state index >= 15 is 0 Å². The Balaban J connectivity index is 0.000000292. The monoisotopic (exact) mass is 489 g/mol. The summed E-state index contributed by atoms with van der Waals surface area (Å²) in [4.78, 5) is 19.4. The molecule has 0 unspecified atom stereocenters. The predicted molar refractivity (Wildman–Crippen MR) is 122 cm³/mol. The van der Waals surface area contributed by atoms with Crippen molar-refractivity contribution in [1.82, 2.24) is 20.2 Å². The van der Waals surface area contributed by atoms with Gasteiger partial charge in [-0.05, 0) is 34.7 Å². The number of tetrazole rings is 1. The summed E-state index contributed by atoms with van der Waals surface area (Å²) in [6.45, 7) is 1.97. The van der Waals surface area contributed by atoms with Crippen LogP contribution in [-0.2, 0) is 21.7 Å². The molecule has 1 aliphatic heterocycles. The summed E-state index contributed by atoms with van der Waals surface area (Å²) in [6.07, 6.45) is 7.33. The second kappa shape index (κ2) is 12.7. The molecular formula is C24H35N5O6. The maximum absolute atomic E-state index is 9.74. The normalized spacial score (nSPS) is 22.5. The number of hydrogen-bond acceptors (Lipinski definition) is 8. The van der Waals surface area contributed by atoms with Crippen LogP contribution in [0.4, 0.5) is 0 Å². The first-order valence-electron chi connectivity index (χ1n) is 12.3. The number of piperidine rings is 1. The SMILES string of the molecule is O=C([O-])[C@H](O)[C@@H](O)C(=O)O.c1ccc(Cn2nnnc2[C@]2(CC3CCCCC3)CCCC[NH2+]2)cc1. The van der Waals surface area contributed by atoms with Crippen molar-refractivity contribution in [2.24, 2.45) is 5.92 Å². The van der Waals surface area contributed by atoms with Gasteiger partial charge in [0.05, 0.1) is 19.1 Å². The molecule has 1 aromatic heterocycles. The number of aliphatic carboxylic acids is 2. The number of aromatic nitrogens is 4. The van der Waals surface area contributed by atoms with Gasteiger partial charge in [-0.1, -0.05) is 62.4 Å². The van der Waals surface area contributed by atoms with Gasteiger partial charge in [-0.3, -0.25) is 0 Å². The number of rotatable bonds is 8.